The molecule has 0 fully saturated rings. The molecule has 0 radical (unpaired) electrons. The number of rotatable bonds is 3. The summed E-state index contributed by atoms with van der Waals surface area (Å²) >= 11 is 0. The Morgan fingerprint density at radius 1 is 1.30 bits per heavy atom. The van der Waals surface area contributed by atoms with Gasteiger partial charge < -0.3 is 4.74 Å². The van der Waals surface area contributed by atoms with Crippen LogP contribution in [0.15, 0.2) is 0 Å². The van der Waals surface area contributed by atoms with Gasteiger partial charge in [0.05, 0.1) is 12.7 Å². The van der Waals surface area contributed by atoms with E-state index in [1.165, 1.54) is 6.92 Å². The maximum atomic E-state index is 13.1. The Morgan fingerprint density at radius 3 is 2.25 bits per heavy atom. The van der Waals surface area contributed by atoms with Gasteiger partial charge >= 0.3 is 12.1 Å². The minimum Gasteiger partial charge on any atom is -0.465 e. The highest BCUT2D eigenvalue weighted by atomic mass is 19.4. The van der Waals surface area contributed by atoms with Gasteiger partial charge in [-0.05, 0) is 37.3 Å². The van der Waals surface area contributed by atoms with Crippen molar-refractivity contribution in [3.63, 3.8) is 0 Å². The van der Waals surface area contributed by atoms with Gasteiger partial charge in [-0.1, -0.05) is 13.8 Å². The molecule has 0 aromatic carbocycles. The molecule has 1 heterocycles. The van der Waals surface area contributed by atoms with Crippen LogP contribution >= 0.6 is 0 Å². The highest BCUT2D eigenvalue weighted by molar-refractivity contribution is 5.93. The zero-order valence-electron chi connectivity index (χ0n) is 12.2. The predicted molar refractivity (Wildman–Crippen MR) is 68.6 cm³/mol. The van der Waals surface area contributed by atoms with Crippen LogP contribution in [0.5, 0.6) is 0 Å². The molecule has 0 aliphatic heterocycles. The summed E-state index contributed by atoms with van der Waals surface area (Å²) in [5.41, 5.74) is -0.376. The Labute approximate surface area is 116 Å². The van der Waals surface area contributed by atoms with E-state index in [9.17, 15) is 18.0 Å². The third-order valence-electron chi connectivity index (χ3n) is 3.08. The van der Waals surface area contributed by atoms with Gasteiger partial charge in [-0.15, -0.1) is 0 Å². The normalized spacial score (nSPS) is 11.8. The Kier molecular flexibility index (Phi) is 4.78. The van der Waals surface area contributed by atoms with Gasteiger partial charge in [0.2, 0.25) is 0 Å². The minimum atomic E-state index is -4.69. The van der Waals surface area contributed by atoms with Crippen LogP contribution in [0.4, 0.5) is 13.2 Å². The van der Waals surface area contributed by atoms with Crippen molar-refractivity contribution >= 4 is 5.97 Å². The van der Waals surface area contributed by atoms with Crippen molar-refractivity contribution in [3.8, 4) is 0 Å². The molecule has 3 nitrogen and oxygen atoms in total. The van der Waals surface area contributed by atoms with Gasteiger partial charge in [0.1, 0.15) is 0 Å². The average molecular weight is 289 g/mol. The molecule has 0 N–H and O–H groups in total. The lowest BCUT2D eigenvalue weighted by molar-refractivity contribution is -0.141. The molecule has 0 saturated heterocycles. The molecule has 1 aromatic heterocycles. The van der Waals surface area contributed by atoms with Crippen molar-refractivity contribution in [2.75, 3.05) is 7.11 Å². The van der Waals surface area contributed by atoms with E-state index in [0.29, 0.717) is 17.5 Å². The number of hydrogen-bond acceptors (Lipinski definition) is 3. The Balaban J connectivity index is 3.69. The number of carbonyl (C=O) groups is 1. The van der Waals surface area contributed by atoms with Gasteiger partial charge in [0.25, 0.3) is 0 Å². The molecular weight excluding hydrogens is 271 g/mol. The standard InChI is InChI=1S/C14H18F3NO2/c1-7(2)6-10-8(3)9(4)18-12(14(15,16)17)11(10)13(19)20-5/h7H,6H2,1-5H3. The van der Waals surface area contributed by atoms with Crippen LogP contribution < -0.4 is 0 Å². The topological polar surface area (TPSA) is 39.2 Å². The molecule has 0 aliphatic carbocycles. The first kappa shape index (κ1) is 16.5. The summed E-state index contributed by atoms with van der Waals surface area (Å²) in [6.07, 6.45) is -4.32. The highest BCUT2D eigenvalue weighted by Gasteiger charge is 2.40. The van der Waals surface area contributed by atoms with Gasteiger partial charge in [-0.2, -0.15) is 13.2 Å². The summed E-state index contributed by atoms with van der Waals surface area (Å²) in [7, 11) is 1.07. The van der Waals surface area contributed by atoms with Gasteiger partial charge in [-0.25, -0.2) is 9.78 Å². The van der Waals surface area contributed by atoms with Crippen LogP contribution in [0.1, 0.15) is 46.7 Å². The summed E-state index contributed by atoms with van der Waals surface area (Å²) in [6, 6.07) is 0. The lowest BCUT2D eigenvalue weighted by atomic mass is 9.92. The number of aromatic nitrogens is 1. The molecule has 0 spiro atoms. The van der Waals surface area contributed by atoms with Crippen molar-refractivity contribution in [2.45, 2.75) is 40.3 Å². The van der Waals surface area contributed by atoms with Crippen LogP contribution in [-0.2, 0) is 17.3 Å². The fourth-order valence-electron chi connectivity index (χ4n) is 2.05. The molecule has 6 heteroatoms. The number of carbonyl (C=O) groups excluding carboxylic acids is 1. The lowest BCUT2D eigenvalue weighted by Gasteiger charge is -2.19. The molecular formula is C14H18F3NO2. The van der Waals surface area contributed by atoms with Crippen molar-refractivity contribution in [1.29, 1.82) is 0 Å². The fraction of sp³-hybridized carbons (Fsp3) is 0.571. The number of pyridine rings is 1. The molecule has 112 valence electrons. The first-order valence-electron chi connectivity index (χ1n) is 6.25. The van der Waals surface area contributed by atoms with Crippen LogP contribution in [0.2, 0.25) is 0 Å². The molecule has 0 saturated carbocycles. The third kappa shape index (κ3) is 3.29. The van der Waals surface area contributed by atoms with E-state index >= 15 is 0 Å². The Bertz CT molecular complexity index is 522. The minimum absolute atomic E-state index is 0.111. The van der Waals surface area contributed by atoms with Crippen LogP contribution in [0, 0.1) is 19.8 Å². The quantitative estimate of drug-likeness (QED) is 0.796. The number of methoxy groups -OCH3 is 1. The monoisotopic (exact) mass is 289 g/mol. The maximum Gasteiger partial charge on any atom is 0.434 e. The summed E-state index contributed by atoms with van der Waals surface area (Å²) in [4.78, 5) is 15.3. The zero-order chi connectivity index (χ0) is 15.7. The van der Waals surface area contributed by atoms with Crippen molar-refractivity contribution in [1.82, 2.24) is 4.98 Å². The average Bonchev–Trinajstić information content (AvgIpc) is 2.32. The first-order chi connectivity index (χ1) is 9.09. The number of nitrogens with zero attached hydrogens (tertiary/aromatic N) is 1. The number of alkyl halides is 3. The smallest absolute Gasteiger partial charge is 0.434 e. The number of aryl methyl sites for hydroxylation is 1. The van der Waals surface area contributed by atoms with Crippen molar-refractivity contribution in [3.05, 3.63) is 28.1 Å². The second-order valence-corrected chi connectivity index (χ2v) is 5.11. The first-order valence-corrected chi connectivity index (χ1v) is 6.25. The Hall–Kier alpha value is -1.59. The van der Waals surface area contributed by atoms with Crippen LogP contribution in [0.25, 0.3) is 0 Å². The largest absolute Gasteiger partial charge is 0.465 e. The van der Waals surface area contributed by atoms with E-state index in [1.54, 1.807) is 6.92 Å². The molecule has 1 rings (SSSR count). The number of halogens is 3. The summed E-state index contributed by atoms with van der Waals surface area (Å²) in [5.74, 6) is -0.886. The van der Waals surface area contributed by atoms with E-state index in [1.807, 2.05) is 13.8 Å². The summed E-state index contributed by atoms with van der Waals surface area (Å²) < 4.78 is 43.8. The fourth-order valence-corrected chi connectivity index (χ4v) is 2.05. The predicted octanol–water partition coefficient (Wildman–Crippen LogP) is 3.70. The molecule has 0 amide bonds. The van der Waals surface area contributed by atoms with Gasteiger partial charge in [-0.3, -0.25) is 0 Å². The SMILES string of the molecule is COC(=O)c1c(C(F)(F)F)nc(C)c(C)c1CC(C)C. The van der Waals surface area contributed by atoms with E-state index in [4.69, 9.17) is 0 Å². The molecule has 20 heavy (non-hydrogen) atoms. The van der Waals surface area contributed by atoms with Crippen LogP contribution in [-0.4, -0.2) is 18.1 Å². The van der Waals surface area contributed by atoms with E-state index < -0.39 is 23.4 Å². The Morgan fingerprint density at radius 2 is 1.85 bits per heavy atom. The van der Waals surface area contributed by atoms with E-state index in [0.717, 1.165) is 7.11 Å². The summed E-state index contributed by atoms with van der Waals surface area (Å²) in [5, 5.41) is 0. The molecule has 0 unspecified atom stereocenters. The third-order valence-corrected chi connectivity index (χ3v) is 3.08. The molecule has 0 atom stereocenters. The second kappa shape index (κ2) is 5.81. The van der Waals surface area contributed by atoms with Gasteiger partial charge in [0.15, 0.2) is 5.69 Å². The number of esters is 1. The van der Waals surface area contributed by atoms with Crippen molar-refractivity contribution < 1.29 is 22.7 Å². The van der Waals surface area contributed by atoms with E-state index in [-0.39, 0.29) is 11.6 Å². The van der Waals surface area contributed by atoms with Crippen LogP contribution in [0.3, 0.4) is 0 Å². The molecule has 0 bridgehead atoms. The molecule has 1 aromatic rings. The highest BCUT2D eigenvalue weighted by Crippen LogP contribution is 2.35. The van der Waals surface area contributed by atoms with Gasteiger partial charge in [0, 0.05) is 5.69 Å². The lowest BCUT2D eigenvalue weighted by Crippen LogP contribution is -2.21. The number of ether oxygens (including phenoxy) is 1. The summed E-state index contributed by atoms with van der Waals surface area (Å²) in [6.45, 7) is 6.94. The molecule has 0 aliphatic rings. The number of hydrogen-bond donors (Lipinski definition) is 0. The van der Waals surface area contributed by atoms with E-state index in [2.05, 4.69) is 9.72 Å². The maximum absolute atomic E-state index is 13.1. The second-order valence-electron chi connectivity index (χ2n) is 5.11. The van der Waals surface area contributed by atoms with Crippen molar-refractivity contribution in [2.24, 2.45) is 5.92 Å². The zero-order valence-corrected chi connectivity index (χ0v) is 12.2.